The lowest BCUT2D eigenvalue weighted by molar-refractivity contribution is -0.144. The van der Waals surface area contributed by atoms with Gasteiger partial charge in [0.2, 0.25) is 0 Å². The summed E-state index contributed by atoms with van der Waals surface area (Å²) in [5.74, 6) is -0.254. The molecule has 57 heavy (non-hydrogen) atoms. The fourth-order valence-corrected chi connectivity index (χ4v) is 7.20. The number of alkyl halides is 6. The molecule has 2 aliphatic rings. The highest BCUT2D eigenvalue weighted by Crippen LogP contribution is 2.44. The van der Waals surface area contributed by atoms with Crippen LogP contribution in [0.15, 0.2) is 84.9 Å². The highest BCUT2D eigenvalue weighted by Gasteiger charge is 2.39. The molecule has 0 saturated carbocycles. The van der Waals surface area contributed by atoms with Crippen LogP contribution >= 0.6 is 0 Å². The van der Waals surface area contributed by atoms with Gasteiger partial charge in [-0.3, -0.25) is 9.59 Å². The minimum absolute atomic E-state index is 0.0980. The van der Waals surface area contributed by atoms with E-state index < -0.39 is 53.9 Å². The predicted octanol–water partition coefficient (Wildman–Crippen LogP) is 10.7. The third-order valence-corrected chi connectivity index (χ3v) is 9.78. The fraction of sp³-hybridized carbons (Fsp3) is 0.395. The van der Waals surface area contributed by atoms with Crippen LogP contribution in [0.3, 0.4) is 0 Å². The van der Waals surface area contributed by atoms with Crippen molar-refractivity contribution < 1.29 is 64.7 Å². The number of benzene rings is 4. The number of halogens is 6. The first-order valence-corrected chi connectivity index (χ1v) is 18.6. The van der Waals surface area contributed by atoms with Crippen LogP contribution in [0, 0.1) is 0 Å². The Morgan fingerprint density at radius 3 is 1.40 bits per heavy atom. The van der Waals surface area contributed by atoms with Crippen molar-refractivity contribution in [3.05, 3.63) is 129 Å². The van der Waals surface area contributed by atoms with Crippen molar-refractivity contribution in [1.29, 1.82) is 0 Å². The van der Waals surface area contributed by atoms with Crippen molar-refractivity contribution in [1.82, 2.24) is 0 Å². The summed E-state index contributed by atoms with van der Waals surface area (Å²) in [6.07, 6.45) is -9.01. The van der Waals surface area contributed by atoms with Gasteiger partial charge in [0.25, 0.3) is 0 Å². The van der Waals surface area contributed by atoms with E-state index in [0.29, 0.717) is 78.2 Å². The first-order valence-electron chi connectivity index (χ1n) is 18.6. The summed E-state index contributed by atoms with van der Waals surface area (Å²) in [5, 5.41) is 9.00. The molecule has 6 rings (SSSR count). The summed E-state index contributed by atoms with van der Waals surface area (Å²) in [5.41, 5.74) is 2.10. The number of carboxylic acids is 1. The van der Waals surface area contributed by atoms with Crippen LogP contribution in [-0.2, 0) is 49.0 Å². The molecule has 0 spiro atoms. The first-order chi connectivity index (χ1) is 27.1. The molecule has 0 bridgehead atoms. The van der Waals surface area contributed by atoms with Crippen LogP contribution in [0.25, 0.3) is 0 Å². The topological polar surface area (TPSA) is 101 Å². The summed E-state index contributed by atoms with van der Waals surface area (Å²) in [7, 11) is 1.33. The molecule has 0 amide bonds. The Hall–Kier alpha value is -5.08. The summed E-state index contributed by atoms with van der Waals surface area (Å²) >= 11 is 0. The molecule has 0 radical (unpaired) electrons. The van der Waals surface area contributed by atoms with Gasteiger partial charge in [0.1, 0.15) is 23.7 Å². The maximum absolute atomic E-state index is 13.2. The molecule has 1 N–H and O–H groups in total. The molecular formula is C43H44F6O8. The monoisotopic (exact) mass is 802 g/mol. The zero-order valence-corrected chi connectivity index (χ0v) is 31.6. The molecule has 0 saturated heterocycles. The van der Waals surface area contributed by atoms with E-state index in [1.54, 1.807) is 67.6 Å². The number of fused-ring (bicyclic) bond motifs is 2. The van der Waals surface area contributed by atoms with E-state index in [1.807, 2.05) is 6.92 Å². The zero-order valence-electron chi connectivity index (χ0n) is 31.6. The van der Waals surface area contributed by atoms with Gasteiger partial charge in [-0.1, -0.05) is 48.5 Å². The van der Waals surface area contributed by atoms with Crippen molar-refractivity contribution in [3.8, 4) is 11.5 Å². The maximum atomic E-state index is 13.2. The second-order valence-corrected chi connectivity index (χ2v) is 13.4. The van der Waals surface area contributed by atoms with E-state index in [1.165, 1.54) is 19.2 Å². The second kappa shape index (κ2) is 18.9. The standard InChI is InChI=1S/C22H23F3O4.C21H21F3O4/c1-3-28-20(13-21(26)27-2)14-7-9-15(10-8-14)29-19-12-11-16-17(19)5-4-6-18(16)22(23,24)25;1-2-27-19(12-20(25)26)13-6-8-14(9-7-13)28-18-11-10-15-16(18)4-3-5-17(15)21(22,23)24/h4-10,19-20H,3,11-13H2,1-2H3;3-9,18-19H,2,10-12H2,1H3,(H,25,26)/t19?,20-;18?,19-/m00/s1. The normalized spacial score (nSPS) is 17.1. The number of methoxy groups -OCH3 is 1. The highest BCUT2D eigenvalue weighted by atomic mass is 19.4. The average molecular weight is 803 g/mol. The molecule has 4 atom stereocenters. The van der Waals surface area contributed by atoms with Gasteiger partial charge >= 0.3 is 24.3 Å². The van der Waals surface area contributed by atoms with Gasteiger partial charge in [0.05, 0.1) is 43.3 Å². The van der Waals surface area contributed by atoms with Crippen molar-refractivity contribution in [2.45, 2.75) is 89.1 Å². The largest absolute Gasteiger partial charge is 0.486 e. The lowest BCUT2D eigenvalue weighted by Crippen LogP contribution is -2.12. The number of aliphatic carboxylic acids is 1. The first kappa shape index (κ1) is 43.1. The number of hydrogen-bond acceptors (Lipinski definition) is 7. The molecule has 14 heteroatoms. The van der Waals surface area contributed by atoms with Gasteiger partial charge in [0, 0.05) is 13.2 Å². The molecule has 4 aromatic carbocycles. The number of esters is 1. The molecule has 2 unspecified atom stereocenters. The Morgan fingerprint density at radius 2 is 1.05 bits per heavy atom. The molecule has 306 valence electrons. The van der Waals surface area contributed by atoms with E-state index in [9.17, 15) is 35.9 Å². The molecule has 8 nitrogen and oxygen atoms in total. The lowest BCUT2D eigenvalue weighted by Gasteiger charge is -2.19. The van der Waals surface area contributed by atoms with Gasteiger partial charge in [0.15, 0.2) is 0 Å². The van der Waals surface area contributed by atoms with Crippen molar-refractivity contribution in [2.24, 2.45) is 0 Å². The highest BCUT2D eigenvalue weighted by molar-refractivity contribution is 5.70. The summed E-state index contributed by atoms with van der Waals surface area (Å²) in [6, 6.07) is 22.3. The molecule has 0 heterocycles. The Kier molecular flexibility index (Phi) is 14.3. The number of carbonyl (C=O) groups is 2. The van der Waals surface area contributed by atoms with E-state index in [2.05, 4.69) is 0 Å². The van der Waals surface area contributed by atoms with Crippen LogP contribution in [0.5, 0.6) is 11.5 Å². The maximum Gasteiger partial charge on any atom is 0.416 e. The number of carbonyl (C=O) groups excluding carboxylic acids is 1. The summed E-state index contributed by atoms with van der Waals surface area (Å²) in [6.45, 7) is 4.46. The van der Waals surface area contributed by atoms with Crippen molar-refractivity contribution in [3.63, 3.8) is 0 Å². The number of rotatable bonds is 14. The smallest absolute Gasteiger partial charge is 0.416 e. The molecule has 0 aromatic heterocycles. The fourth-order valence-electron chi connectivity index (χ4n) is 7.20. The molecule has 2 aliphatic carbocycles. The Bertz CT molecular complexity index is 1960. The predicted molar refractivity (Wildman–Crippen MR) is 197 cm³/mol. The van der Waals surface area contributed by atoms with Gasteiger partial charge in [-0.2, -0.15) is 26.3 Å². The van der Waals surface area contributed by atoms with E-state index >= 15 is 0 Å². The zero-order chi connectivity index (χ0) is 41.3. The SMILES string of the molecule is CCO[C@@H](CC(=O)O)c1ccc(OC2CCc3c2cccc3C(F)(F)F)cc1.CCO[C@@H](CC(=O)OC)c1ccc(OC2CCc3c2cccc3C(F)(F)F)cc1. The van der Waals surface area contributed by atoms with Crippen LogP contribution in [0.2, 0.25) is 0 Å². The minimum atomic E-state index is -4.37. The third-order valence-electron chi connectivity index (χ3n) is 9.78. The van der Waals surface area contributed by atoms with Gasteiger partial charge in [-0.15, -0.1) is 0 Å². The van der Waals surface area contributed by atoms with Crippen LogP contribution in [0.1, 0.15) is 108 Å². The molecule has 0 fully saturated rings. The van der Waals surface area contributed by atoms with Gasteiger partial charge < -0.3 is 28.8 Å². The van der Waals surface area contributed by atoms with Crippen molar-refractivity contribution in [2.75, 3.05) is 20.3 Å². The summed E-state index contributed by atoms with van der Waals surface area (Å²) in [4.78, 5) is 22.6. The van der Waals surface area contributed by atoms with Crippen molar-refractivity contribution >= 4 is 11.9 Å². The van der Waals surface area contributed by atoms with E-state index in [0.717, 1.165) is 17.7 Å². The number of carboxylic acid groups (broad SMARTS) is 1. The Balaban J connectivity index is 0.000000218. The second-order valence-electron chi connectivity index (χ2n) is 13.4. The molecule has 0 aliphatic heterocycles. The van der Waals surface area contributed by atoms with E-state index in [4.69, 9.17) is 28.8 Å². The van der Waals surface area contributed by atoms with Crippen LogP contribution in [0.4, 0.5) is 26.3 Å². The quantitative estimate of drug-likeness (QED) is 0.0994. The van der Waals surface area contributed by atoms with Gasteiger partial charge in [-0.05, 0) is 109 Å². The lowest BCUT2D eigenvalue weighted by atomic mass is 10.0. The van der Waals surface area contributed by atoms with Crippen LogP contribution < -0.4 is 9.47 Å². The third kappa shape index (κ3) is 11.1. The average Bonchev–Trinajstić information content (AvgIpc) is 3.78. The molecule has 4 aromatic rings. The Morgan fingerprint density at radius 1 is 0.649 bits per heavy atom. The number of hydrogen-bond donors (Lipinski definition) is 1. The number of ether oxygens (including phenoxy) is 5. The van der Waals surface area contributed by atoms with Gasteiger partial charge in [-0.25, -0.2) is 0 Å². The Labute approximate surface area is 326 Å². The summed E-state index contributed by atoms with van der Waals surface area (Å²) < 4.78 is 107. The minimum Gasteiger partial charge on any atom is -0.486 e. The van der Waals surface area contributed by atoms with E-state index in [-0.39, 0.29) is 18.8 Å². The van der Waals surface area contributed by atoms with Crippen LogP contribution in [-0.4, -0.2) is 37.4 Å². The molecular weight excluding hydrogens is 758 g/mol.